The van der Waals surface area contributed by atoms with E-state index in [1.54, 1.807) is 36.4 Å². The number of oxazole rings is 1. The third-order valence-electron chi connectivity index (χ3n) is 4.53. The molecule has 30 heavy (non-hydrogen) atoms. The lowest BCUT2D eigenvalue weighted by atomic mass is 10.2. The number of carbonyl (C=O) groups excluding carboxylic acids is 1. The minimum atomic E-state index is -0.338. The molecule has 0 atom stereocenters. The van der Waals surface area contributed by atoms with Gasteiger partial charge in [0.05, 0.1) is 10.7 Å². The zero-order valence-corrected chi connectivity index (χ0v) is 17.8. The van der Waals surface area contributed by atoms with E-state index in [9.17, 15) is 4.79 Å². The van der Waals surface area contributed by atoms with Crippen LogP contribution < -0.4 is 10.1 Å². The van der Waals surface area contributed by atoms with Crippen molar-refractivity contribution >= 4 is 45.9 Å². The molecule has 0 unspecified atom stereocenters. The first kappa shape index (κ1) is 20.3. The normalized spacial score (nSPS) is 10.9. The Hall–Kier alpha value is -3.02. The maximum atomic E-state index is 12.4. The van der Waals surface area contributed by atoms with E-state index in [0.717, 1.165) is 16.6 Å². The fourth-order valence-corrected chi connectivity index (χ4v) is 3.24. The van der Waals surface area contributed by atoms with Gasteiger partial charge >= 0.3 is 0 Å². The van der Waals surface area contributed by atoms with Gasteiger partial charge in [-0.25, -0.2) is 4.98 Å². The number of aromatic nitrogens is 1. The lowest BCUT2D eigenvalue weighted by Crippen LogP contribution is -2.20. The summed E-state index contributed by atoms with van der Waals surface area (Å²) in [4.78, 5) is 16.9. The van der Waals surface area contributed by atoms with Crippen LogP contribution in [0.25, 0.3) is 22.6 Å². The molecule has 4 rings (SSSR count). The molecule has 152 valence electrons. The highest BCUT2D eigenvalue weighted by atomic mass is 35.5. The van der Waals surface area contributed by atoms with Crippen LogP contribution in [0.3, 0.4) is 0 Å². The number of nitrogens with zero attached hydrogens (tertiary/aromatic N) is 1. The number of aryl methyl sites for hydroxylation is 2. The van der Waals surface area contributed by atoms with Crippen molar-refractivity contribution in [1.29, 1.82) is 0 Å². The van der Waals surface area contributed by atoms with Gasteiger partial charge in [-0.2, -0.15) is 0 Å². The summed E-state index contributed by atoms with van der Waals surface area (Å²) >= 11 is 12.3. The quantitative estimate of drug-likeness (QED) is 0.387. The Morgan fingerprint density at radius 3 is 2.63 bits per heavy atom. The van der Waals surface area contributed by atoms with Gasteiger partial charge in [-0.3, -0.25) is 4.79 Å². The summed E-state index contributed by atoms with van der Waals surface area (Å²) in [6, 6.07) is 16.2. The Bertz CT molecular complexity index is 1250. The Morgan fingerprint density at radius 2 is 1.83 bits per heavy atom. The molecule has 0 saturated heterocycles. The second-order valence-electron chi connectivity index (χ2n) is 6.93. The molecule has 4 aromatic rings. The van der Waals surface area contributed by atoms with Gasteiger partial charge in [0.1, 0.15) is 11.3 Å². The van der Waals surface area contributed by atoms with Crippen molar-refractivity contribution in [2.45, 2.75) is 13.8 Å². The Balaban J connectivity index is 1.49. The van der Waals surface area contributed by atoms with Gasteiger partial charge < -0.3 is 14.5 Å². The van der Waals surface area contributed by atoms with Crippen molar-refractivity contribution in [2.75, 3.05) is 11.9 Å². The smallest absolute Gasteiger partial charge is 0.262 e. The Kier molecular flexibility index (Phi) is 5.66. The van der Waals surface area contributed by atoms with Crippen LogP contribution >= 0.6 is 23.2 Å². The van der Waals surface area contributed by atoms with E-state index in [1.165, 1.54) is 0 Å². The molecular formula is C23H18Cl2N2O3. The molecule has 3 aromatic carbocycles. The molecule has 5 nitrogen and oxygen atoms in total. The third kappa shape index (κ3) is 4.42. The number of carbonyl (C=O) groups is 1. The number of fused-ring (bicyclic) bond motifs is 1. The predicted molar refractivity (Wildman–Crippen MR) is 120 cm³/mol. The van der Waals surface area contributed by atoms with Crippen LogP contribution in [0, 0.1) is 13.8 Å². The molecule has 0 spiro atoms. The van der Waals surface area contributed by atoms with Gasteiger partial charge in [-0.05, 0) is 73.5 Å². The minimum absolute atomic E-state index is 0.163. The number of amides is 1. The molecule has 1 N–H and O–H groups in total. The van der Waals surface area contributed by atoms with Gasteiger partial charge in [0.25, 0.3) is 5.91 Å². The van der Waals surface area contributed by atoms with Crippen molar-refractivity contribution in [3.63, 3.8) is 0 Å². The largest absolute Gasteiger partial charge is 0.484 e. The number of anilines is 1. The van der Waals surface area contributed by atoms with E-state index >= 15 is 0 Å². The van der Waals surface area contributed by atoms with Gasteiger partial charge in [0.15, 0.2) is 12.2 Å². The number of ether oxygens (including phenoxy) is 1. The zero-order chi connectivity index (χ0) is 21.3. The summed E-state index contributed by atoms with van der Waals surface area (Å²) in [5.41, 5.74) is 4.60. The van der Waals surface area contributed by atoms with Crippen molar-refractivity contribution < 1.29 is 13.9 Å². The van der Waals surface area contributed by atoms with E-state index in [4.69, 9.17) is 32.4 Å². The number of halogens is 2. The summed E-state index contributed by atoms with van der Waals surface area (Å²) in [6.45, 7) is 3.70. The number of hydrogen-bond acceptors (Lipinski definition) is 4. The maximum absolute atomic E-state index is 12.4. The van der Waals surface area contributed by atoms with Crippen LogP contribution in [-0.2, 0) is 4.79 Å². The third-order valence-corrected chi connectivity index (χ3v) is 5.28. The summed E-state index contributed by atoms with van der Waals surface area (Å²) < 4.78 is 11.4. The summed E-state index contributed by atoms with van der Waals surface area (Å²) in [6.07, 6.45) is 0. The van der Waals surface area contributed by atoms with E-state index in [2.05, 4.69) is 10.3 Å². The highest BCUT2D eigenvalue weighted by Crippen LogP contribution is 2.31. The van der Waals surface area contributed by atoms with Crippen LogP contribution in [0.15, 0.2) is 59.0 Å². The zero-order valence-electron chi connectivity index (χ0n) is 16.3. The molecule has 0 aliphatic carbocycles. The van der Waals surface area contributed by atoms with E-state index in [-0.39, 0.29) is 12.5 Å². The second-order valence-corrected chi connectivity index (χ2v) is 7.75. The number of hydrogen-bond donors (Lipinski definition) is 1. The monoisotopic (exact) mass is 440 g/mol. The summed E-state index contributed by atoms with van der Waals surface area (Å²) in [7, 11) is 0. The van der Waals surface area contributed by atoms with Gasteiger partial charge in [-0.1, -0.05) is 29.3 Å². The van der Waals surface area contributed by atoms with Crippen molar-refractivity contribution in [3.05, 3.63) is 75.8 Å². The van der Waals surface area contributed by atoms with E-state index < -0.39 is 0 Å². The molecule has 0 bridgehead atoms. The van der Waals surface area contributed by atoms with E-state index in [0.29, 0.717) is 38.5 Å². The molecule has 1 amide bonds. The summed E-state index contributed by atoms with van der Waals surface area (Å²) in [5.74, 6) is 0.680. The second kappa shape index (κ2) is 8.38. The van der Waals surface area contributed by atoms with Crippen molar-refractivity contribution in [3.8, 4) is 17.2 Å². The highest BCUT2D eigenvalue weighted by Gasteiger charge is 2.13. The van der Waals surface area contributed by atoms with Crippen LogP contribution in [-0.4, -0.2) is 17.5 Å². The van der Waals surface area contributed by atoms with Gasteiger partial charge in [-0.15, -0.1) is 0 Å². The molecule has 1 heterocycles. The van der Waals surface area contributed by atoms with Crippen molar-refractivity contribution in [1.82, 2.24) is 4.98 Å². The molecule has 0 fully saturated rings. The molecule has 0 aliphatic rings. The fraction of sp³-hybridized carbons (Fsp3) is 0.130. The van der Waals surface area contributed by atoms with Crippen LogP contribution in [0.2, 0.25) is 10.0 Å². The number of nitrogens with one attached hydrogen (secondary N) is 1. The number of benzene rings is 3. The van der Waals surface area contributed by atoms with Crippen LogP contribution in [0.1, 0.15) is 11.1 Å². The Morgan fingerprint density at radius 1 is 1.03 bits per heavy atom. The average Bonchev–Trinajstić information content (AvgIpc) is 3.13. The molecule has 1 aromatic heterocycles. The first-order valence-electron chi connectivity index (χ1n) is 9.25. The lowest BCUT2D eigenvalue weighted by molar-refractivity contribution is -0.118. The fourth-order valence-electron chi connectivity index (χ4n) is 2.96. The molecular weight excluding hydrogens is 423 g/mol. The summed E-state index contributed by atoms with van der Waals surface area (Å²) in [5, 5.41) is 3.82. The molecule has 0 radical (unpaired) electrons. The minimum Gasteiger partial charge on any atom is -0.484 e. The lowest BCUT2D eigenvalue weighted by Gasteiger charge is -2.10. The van der Waals surface area contributed by atoms with Gasteiger partial charge in [0.2, 0.25) is 5.89 Å². The highest BCUT2D eigenvalue weighted by molar-refractivity contribution is 6.33. The van der Waals surface area contributed by atoms with Crippen LogP contribution in [0.4, 0.5) is 5.69 Å². The maximum Gasteiger partial charge on any atom is 0.262 e. The first-order chi connectivity index (χ1) is 14.4. The Labute approximate surface area is 183 Å². The number of rotatable bonds is 5. The first-order valence-corrected chi connectivity index (χ1v) is 10.0. The molecule has 0 saturated carbocycles. The van der Waals surface area contributed by atoms with Gasteiger partial charge in [0, 0.05) is 10.6 Å². The molecule has 0 aliphatic heterocycles. The standard InChI is InChI=1S/C23H18Cl2N2O3/c1-13-3-8-21-20(9-13)27-23(30-21)15-4-6-18(25)19(11-15)26-22(28)12-29-16-5-7-17(24)14(2)10-16/h3-11H,12H2,1-2H3,(H,26,28). The SMILES string of the molecule is Cc1ccc2oc(-c3ccc(Cl)c(NC(=O)COc4ccc(Cl)c(C)c4)c3)nc2c1. The van der Waals surface area contributed by atoms with Crippen molar-refractivity contribution in [2.24, 2.45) is 0 Å². The average molecular weight is 441 g/mol. The van der Waals surface area contributed by atoms with E-state index in [1.807, 2.05) is 32.0 Å². The topological polar surface area (TPSA) is 64.4 Å². The van der Waals surface area contributed by atoms with Crippen LogP contribution in [0.5, 0.6) is 5.75 Å². The molecule has 7 heteroatoms. The predicted octanol–water partition coefficient (Wildman–Crippen LogP) is 6.44.